The second-order valence-electron chi connectivity index (χ2n) is 4.92. The van der Waals surface area contributed by atoms with Crippen LogP contribution >= 0.6 is 0 Å². The van der Waals surface area contributed by atoms with Crippen LogP contribution in [0.4, 0.5) is 0 Å². The number of Topliss-reactive ketones (excluding diaryl/α,β-unsaturated/α-hetero) is 1. The van der Waals surface area contributed by atoms with E-state index < -0.39 is 5.97 Å². The molecule has 0 rings (SSSR count). The van der Waals surface area contributed by atoms with Crippen molar-refractivity contribution in [1.29, 1.82) is 0 Å². The van der Waals surface area contributed by atoms with Gasteiger partial charge in [0, 0.05) is 25.7 Å². The van der Waals surface area contributed by atoms with Crippen molar-refractivity contribution in [3.05, 3.63) is 0 Å². The molecule has 1 N–H and O–H groups in total. The summed E-state index contributed by atoms with van der Waals surface area (Å²) in [7, 11) is 0. The van der Waals surface area contributed by atoms with Crippen LogP contribution < -0.4 is 0 Å². The van der Waals surface area contributed by atoms with E-state index in [0.29, 0.717) is 19.3 Å². The molecule has 19 heavy (non-hydrogen) atoms. The third kappa shape index (κ3) is 16.7. The number of rotatable bonds is 11. The largest absolute Gasteiger partial charge is 0.481 e. The Labute approximate surface area is 116 Å². The number of hydrogen-bond acceptors (Lipinski definition) is 2. The molecule has 108 valence electrons. The summed E-state index contributed by atoms with van der Waals surface area (Å²) in [5.41, 5.74) is 0. The zero-order chi connectivity index (χ0) is 14.3. The first-order valence-electron chi connectivity index (χ1n) is 7.30. The van der Waals surface area contributed by atoms with E-state index in [1.165, 1.54) is 19.3 Å². The van der Waals surface area contributed by atoms with Gasteiger partial charge in [-0.3, -0.25) is 9.59 Å². The summed E-state index contributed by atoms with van der Waals surface area (Å²) in [5, 5.41) is 8.47. The first-order valence-corrected chi connectivity index (χ1v) is 7.30. The molecule has 0 spiro atoms. The molecule has 0 aliphatic heterocycles. The molecule has 0 aliphatic carbocycles. The lowest BCUT2D eigenvalue weighted by Gasteiger charge is -1.99. The maximum absolute atomic E-state index is 10.7. The van der Waals surface area contributed by atoms with Crippen LogP contribution in [-0.2, 0) is 9.59 Å². The van der Waals surface area contributed by atoms with Crippen molar-refractivity contribution in [2.45, 2.75) is 77.6 Å². The van der Waals surface area contributed by atoms with Gasteiger partial charge in [-0.05, 0) is 19.8 Å². The van der Waals surface area contributed by atoms with Crippen molar-refractivity contribution in [3.63, 3.8) is 0 Å². The van der Waals surface area contributed by atoms with Crippen molar-refractivity contribution in [2.75, 3.05) is 0 Å². The van der Waals surface area contributed by atoms with Gasteiger partial charge in [0.15, 0.2) is 0 Å². The highest BCUT2D eigenvalue weighted by atomic mass is 16.4. The van der Waals surface area contributed by atoms with Crippen LogP contribution in [0.25, 0.3) is 0 Å². The van der Waals surface area contributed by atoms with Crippen LogP contribution in [0, 0.1) is 11.8 Å². The SMILES string of the molecule is CC(=O)CCC#CCCCCCCCCCC(=O)O. The van der Waals surface area contributed by atoms with Crippen molar-refractivity contribution in [1.82, 2.24) is 0 Å². The van der Waals surface area contributed by atoms with Gasteiger partial charge in [-0.1, -0.05) is 32.1 Å². The van der Waals surface area contributed by atoms with E-state index in [0.717, 1.165) is 32.1 Å². The van der Waals surface area contributed by atoms with Gasteiger partial charge in [-0.2, -0.15) is 0 Å². The number of aliphatic carboxylic acids is 1. The summed E-state index contributed by atoms with van der Waals surface area (Å²) in [6.45, 7) is 1.60. The fourth-order valence-corrected chi connectivity index (χ4v) is 1.79. The predicted molar refractivity (Wildman–Crippen MR) is 76.9 cm³/mol. The van der Waals surface area contributed by atoms with E-state index in [1.807, 2.05) is 0 Å². The molecule has 0 atom stereocenters. The number of carbonyl (C=O) groups is 2. The Morgan fingerprint density at radius 3 is 1.89 bits per heavy atom. The summed E-state index contributed by atoms with van der Waals surface area (Å²) in [6.07, 6.45) is 10.2. The van der Waals surface area contributed by atoms with Crippen LogP contribution in [0.1, 0.15) is 77.6 Å². The summed E-state index contributed by atoms with van der Waals surface area (Å²) >= 11 is 0. The zero-order valence-corrected chi connectivity index (χ0v) is 12.0. The van der Waals surface area contributed by atoms with Gasteiger partial charge < -0.3 is 5.11 Å². The highest BCUT2D eigenvalue weighted by Gasteiger charge is 1.96. The van der Waals surface area contributed by atoms with E-state index in [9.17, 15) is 9.59 Å². The Morgan fingerprint density at radius 1 is 0.789 bits per heavy atom. The van der Waals surface area contributed by atoms with Gasteiger partial charge in [0.1, 0.15) is 5.78 Å². The normalized spacial score (nSPS) is 9.74. The van der Waals surface area contributed by atoms with Crippen LogP contribution in [0.5, 0.6) is 0 Å². The fraction of sp³-hybridized carbons (Fsp3) is 0.750. The minimum atomic E-state index is -0.691. The van der Waals surface area contributed by atoms with Crippen LogP contribution in [0.3, 0.4) is 0 Å². The lowest BCUT2D eigenvalue weighted by atomic mass is 10.1. The fourth-order valence-electron chi connectivity index (χ4n) is 1.79. The molecule has 0 saturated carbocycles. The Bertz CT molecular complexity index is 310. The molecule has 0 radical (unpaired) electrons. The maximum Gasteiger partial charge on any atom is 0.303 e. The lowest BCUT2D eigenvalue weighted by Crippen LogP contribution is -1.93. The predicted octanol–water partition coefficient (Wildman–Crippen LogP) is 3.95. The molecule has 0 aromatic rings. The first kappa shape index (κ1) is 17.7. The molecule has 0 amide bonds. The van der Waals surface area contributed by atoms with Gasteiger partial charge in [0.05, 0.1) is 0 Å². The minimum Gasteiger partial charge on any atom is -0.481 e. The second kappa shape index (κ2) is 13.1. The molecule has 0 unspecified atom stereocenters. The number of unbranched alkanes of at least 4 members (excludes halogenated alkanes) is 7. The van der Waals surface area contributed by atoms with Gasteiger partial charge in [0.25, 0.3) is 0 Å². The molecule has 0 aromatic heterocycles. The number of ketones is 1. The highest BCUT2D eigenvalue weighted by molar-refractivity contribution is 5.75. The molecule has 0 heterocycles. The quantitative estimate of drug-likeness (QED) is 0.455. The molecule has 0 aromatic carbocycles. The number of carboxylic acids is 1. The molecule has 0 bridgehead atoms. The molecule has 3 heteroatoms. The van der Waals surface area contributed by atoms with E-state index in [1.54, 1.807) is 6.92 Å². The Balaban J connectivity index is 3.14. The van der Waals surface area contributed by atoms with Gasteiger partial charge in [-0.15, -0.1) is 11.8 Å². The Morgan fingerprint density at radius 2 is 1.32 bits per heavy atom. The van der Waals surface area contributed by atoms with Crippen molar-refractivity contribution in [2.24, 2.45) is 0 Å². The Kier molecular flexibility index (Phi) is 12.2. The first-order chi connectivity index (χ1) is 9.13. The van der Waals surface area contributed by atoms with Gasteiger partial charge in [0.2, 0.25) is 0 Å². The molecule has 0 fully saturated rings. The van der Waals surface area contributed by atoms with Crippen molar-refractivity contribution in [3.8, 4) is 11.8 Å². The second-order valence-corrected chi connectivity index (χ2v) is 4.92. The van der Waals surface area contributed by atoms with Crippen LogP contribution in [-0.4, -0.2) is 16.9 Å². The smallest absolute Gasteiger partial charge is 0.303 e. The summed E-state index contributed by atoms with van der Waals surface area (Å²) < 4.78 is 0. The van der Waals surface area contributed by atoms with Crippen LogP contribution in [0.2, 0.25) is 0 Å². The number of carbonyl (C=O) groups excluding carboxylic acids is 1. The topological polar surface area (TPSA) is 54.4 Å². The van der Waals surface area contributed by atoms with E-state index in [4.69, 9.17) is 5.11 Å². The van der Waals surface area contributed by atoms with Crippen molar-refractivity contribution < 1.29 is 14.7 Å². The van der Waals surface area contributed by atoms with Crippen LogP contribution in [0.15, 0.2) is 0 Å². The monoisotopic (exact) mass is 266 g/mol. The minimum absolute atomic E-state index is 0.206. The van der Waals surface area contributed by atoms with Gasteiger partial charge >= 0.3 is 5.97 Å². The molecule has 0 aliphatic rings. The van der Waals surface area contributed by atoms with Crippen molar-refractivity contribution >= 4 is 11.8 Å². The third-order valence-electron chi connectivity index (χ3n) is 2.92. The molecule has 0 saturated heterocycles. The maximum atomic E-state index is 10.7. The highest BCUT2D eigenvalue weighted by Crippen LogP contribution is 2.09. The van der Waals surface area contributed by atoms with E-state index >= 15 is 0 Å². The third-order valence-corrected chi connectivity index (χ3v) is 2.92. The number of carboxylic acid groups (broad SMARTS) is 1. The molecular weight excluding hydrogens is 240 g/mol. The van der Waals surface area contributed by atoms with E-state index in [-0.39, 0.29) is 5.78 Å². The van der Waals surface area contributed by atoms with Gasteiger partial charge in [-0.25, -0.2) is 0 Å². The molecule has 3 nitrogen and oxygen atoms in total. The standard InChI is InChI=1S/C16H26O3/c1-15(17)13-11-9-7-5-3-2-4-6-8-10-12-14-16(18)19/h2-6,8,10-14H2,1H3,(H,18,19). The average molecular weight is 266 g/mol. The number of hydrogen-bond donors (Lipinski definition) is 1. The summed E-state index contributed by atoms with van der Waals surface area (Å²) in [6, 6.07) is 0. The summed E-state index contributed by atoms with van der Waals surface area (Å²) in [5.74, 6) is 5.63. The summed E-state index contributed by atoms with van der Waals surface area (Å²) in [4.78, 5) is 20.9. The molecular formula is C16H26O3. The lowest BCUT2D eigenvalue weighted by molar-refractivity contribution is -0.137. The zero-order valence-electron chi connectivity index (χ0n) is 12.0. The average Bonchev–Trinajstić information content (AvgIpc) is 2.34. The van der Waals surface area contributed by atoms with E-state index in [2.05, 4.69) is 11.8 Å². The Hall–Kier alpha value is -1.30.